The number of ether oxygens (including phenoxy) is 1. The van der Waals surface area contributed by atoms with Gasteiger partial charge < -0.3 is 4.74 Å². The Bertz CT molecular complexity index is 1160. The lowest BCUT2D eigenvalue weighted by molar-refractivity contribution is -0.147. The molecule has 5 rings (SSSR count). The Morgan fingerprint density at radius 2 is 1.50 bits per heavy atom. The largest absolute Gasteiger partial charge is 0.438 e. The summed E-state index contributed by atoms with van der Waals surface area (Å²) in [6.45, 7) is 0. The van der Waals surface area contributed by atoms with Crippen LogP contribution in [0.25, 0.3) is 5.57 Å². The maximum absolute atomic E-state index is 12.7. The molecule has 1 unspecified atom stereocenters. The summed E-state index contributed by atoms with van der Waals surface area (Å²) in [5.74, 6) is -1.45. The number of esters is 1. The molecule has 0 radical (unpaired) electrons. The molecule has 0 saturated carbocycles. The van der Waals surface area contributed by atoms with E-state index >= 15 is 0 Å². The monoisotopic (exact) mass is 386 g/mol. The van der Waals surface area contributed by atoms with Crippen molar-refractivity contribution in [3.8, 4) is 0 Å². The topological polar surface area (TPSA) is 43.4 Å². The maximum Gasteiger partial charge on any atom is 0.381 e. The van der Waals surface area contributed by atoms with E-state index in [1.807, 2.05) is 60.7 Å². The minimum absolute atomic E-state index is 0.385. The van der Waals surface area contributed by atoms with Crippen LogP contribution in [0.1, 0.15) is 32.6 Å². The van der Waals surface area contributed by atoms with Crippen molar-refractivity contribution in [1.82, 2.24) is 0 Å². The molecule has 3 aromatic rings. The Balaban J connectivity index is 1.87. The number of carbonyl (C=O) groups excluding carboxylic acids is 2. The van der Waals surface area contributed by atoms with Gasteiger partial charge in [-0.3, -0.25) is 4.79 Å². The van der Waals surface area contributed by atoms with Crippen LogP contribution in [-0.4, -0.2) is 11.8 Å². The molecule has 2 aliphatic rings. The van der Waals surface area contributed by atoms with E-state index in [9.17, 15) is 9.59 Å². The number of halogens is 1. The first-order valence-corrected chi connectivity index (χ1v) is 9.41. The summed E-state index contributed by atoms with van der Waals surface area (Å²) in [7, 11) is 0. The van der Waals surface area contributed by atoms with Gasteiger partial charge in [0.15, 0.2) is 5.60 Å². The predicted octanol–water partition coefficient (Wildman–Crippen LogP) is 4.96. The molecular weight excluding hydrogens is 372 g/mol. The average molecular weight is 387 g/mol. The molecule has 136 valence electrons. The zero-order valence-corrected chi connectivity index (χ0v) is 15.6. The van der Waals surface area contributed by atoms with Crippen molar-refractivity contribution in [3.05, 3.63) is 112 Å². The van der Waals surface area contributed by atoms with Gasteiger partial charge in [-0.1, -0.05) is 78.3 Å². The molecule has 0 saturated heterocycles. The Hall–Kier alpha value is -3.17. The minimum atomic E-state index is -1.16. The quantitative estimate of drug-likeness (QED) is 0.438. The van der Waals surface area contributed by atoms with Crippen LogP contribution in [0.3, 0.4) is 0 Å². The first kappa shape index (κ1) is 17.0. The van der Waals surface area contributed by atoms with E-state index in [2.05, 4.69) is 6.08 Å². The number of ketones is 1. The number of Topliss-reactive ketones (excluding diaryl/α,β-unsaturated/α-hetero) is 1. The molecule has 4 heteroatoms. The summed E-state index contributed by atoms with van der Waals surface area (Å²) in [5, 5.41) is 0.630. The van der Waals surface area contributed by atoms with Gasteiger partial charge in [0.2, 0.25) is 0 Å². The molecule has 1 spiro atoms. The molecule has 0 amide bonds. The third-order valence-electron chi connectivity index (χ3n) is 5.44. The van der Waals surface area contributed by atoms with Crippen molar-refractivity contribution >= 4 is 28.9 Å². The SMILES string of the molecule is O=C1OC2(C(c3ccc(Cl)cc3)=CCc3ccccc32)c2ccccc2C1=O. The minimum Gasteiger partial charge on any atom is -0.438 e. The van der Waals surface area contributed by atoms with Crippen LogP contribution in [0.4, 0.5) is 0 Å². The van der Waals surface area contributed by atoms with Crippen molar-refractivity contribution in [1.29, 1.82) is 0 Å². The van der Waals surface area contributed by atoms with Gasteiger partial charge in [-0.2, -0.15) is 0 Å². The van der Waals surface area contributed by atoms with Crippen molar-refractivity contribution in [2.24, 2.45) is 0 Å². The van der Waals surface area contributed by atoms with Gasteiger partial charge in [0.1, 0.15) is 0 Å². The Kier molecular flexibility index (Phi) is 3.74. The molecule has 0 bridgehead atoms. The van der Waals surface area contributed by atoms with Crippen molar-refractivity contribution in [3.63, 3.8) is 0 Å². The van der Waals surface area contributed by atoms with Crippen molar-refractivity contribution in [2.45, 2.75) is 12.0 Å². The molecule has 3 nitrogen and oxygen atoms in total. The van der Waals surface area contributed by atoms with Crippen LogP contribution in [0.5, 0.6) is 0 Å². The number of fused-ring (bicyclic) bond motifs is 4. The van der Waals surface area contributed by atoms with E-state index in [-0.39, 0.29) is 0 Å². The highest BCUT2D eigenvalue weighted by atomic mass is 35.5. The molecule has 0 fully saturated rings. The van der Waals surface area contributed by atoms with Crippen molar-refractivity contribution < 1.29 is 14.3 Å². The van der Waals surface area contributed by atoms with Gasteiger partial charge in [-0.25, -0.2) is 4.79 Å². The lowest BCUT2D eigenvalue weighted by Crippen LogP contribution is -2.45. The van der Waals surface area contributed by atoms with Crippen LogP contribution in [0.15, 0.2) is 78.9 Å². The Morgan fingerprint density at radius 1 is 0.821 bits per heavy atom. The van der Waals surface area contributed by atoms with Gasteiger partial charge in [0, 0.05) is 27.3 Å². The van der Waals surface area contributed by atoms with E-state index in [1.54, 1.807) is 12.1 Å². The highest BCUT2D eigenvalue weighted by Gasteiger charge is 2.51. The summed E-state index contributed by atoms with van der Waals surface area (Å²) >= 11 is 6.08. The fourth-order valence-corrected chi connectivity index (χ4v) is 4.36. The summed E-state index contributed by atoms with van der Waals surface area (Å²) < 4.78 is 5.99. The van der Waals surface area contributed by atoms with Gasteiger partial charge >= 0.3 is 5.97 Å². The van der Waals surface area contributed by atoms with E-state index in [0.717, 1.165) is 22.3 Å². The molecule has 0 aromatic heterocycles. The molecule has 28 heavy (non-hydrogen) atoms. The summed E-state index contributed by atoms with van der Waals surface area (Å²) in [5.41, 5.74) is 3.60. The van der Waals surface area contributed by atoms with Crippen LogP contribution in [0.2, 0.25) is 5.02 Å². The summed E-state index contributed by atoms with van der Waals surface area (Å²) in [6.07, 6.45) is 2.79. The molecule has 0 N–H and O–H groups in total. The van der Waals surface area contributed by atoms with E-state index in [0.29, 0.717) is 22.6 Å². The molecule has 1 aliphatic heterocycles. The van der Waals surface area contributed by atoms with Gasteiger partial charge in [0.25, 0.3) is 5.78 Å². The number of carbonyl (C=O) groups is 2. The fourth-order valence-electron chi connectivity index (χ4n) is 4.23. The van der Waals surface area contributed by atoms with E-state index in [4.69, 9.17) is 16.3 Å². The highest BCUT2D eigenvalue weighted by Crippen LogP contribution is 2.52. The normalized spacial score (nSPS) is 20.2. The Morgan fingerprint density at radius 3 is 2.29 bits per heavy atom. The molecule has 1 atom stereocenters. The van der Waals surface area contributed by atoms with Crippen LogP contribution in [-0.2, 0) is 21.6 Å². The number of hydrogen-bond donors (Lipinski definition) is 0. The summed E-state index contributed by atoms with van der Waals surface area (Å²) in [4.78, 5) is 25.2. The Labute approximate surface area is 167 Å². The second-order valence-electron chi connectivity index (χ2n) is 6.93. The van der Waals surface area contributed by atoms with Crippen LogP contribution in [0, 0.1) is 0 Å². The standard InChI is InChI=1S/C24H15ClO3/c25-17-12-9-16(10-13-17)20-14-11-15-5-1-3-7-19(15)24(20)21-8-4-2-6-18(21)22(26)23(27)28-24/h1-10,12-14H,11H2. The number of hydrogen-bond acceptors (Lipinski definition) is 3. The highest BCUT2D eigenvalue weighted by molar-refractivity contribution is 6.42. The van der Waals surface area contributed by atoms with E-state index < -0.39 is 17.4 Å². The smallest absolute Gasteiger partial charge is 0.381 e. The maximum atomic E-state index is 12.7. The second kappa shape index (κ2) is 6.18. The molecule has 1 heterocycles. The molecule has 3 aromatic carbocycles. The second-order valence-corrected chi connectivity index (χ2v) is 7.37. The third kappa shape index (κ3) is 2.30. The van der Waals surface area contributed by atoms with Crippen molar-refractivity contribution in [2.75, 3.05) is 0 Å². The molecular formula is C24H15ClO3. The fraction of sp³-hybridized carbons (Fsp3) is 0.0833. The average Bonchev–Trinajstić information content (AvgIpc) is 2.73. The van der Waals surface area contributed by atoms with Gasteiger partial charge in [0.05, 0.1) is 0 Å². The van der Waals surface area contributed by atoms with Crippen LogP contribution >= 0.6 is 11.6 Å². The zero-order valence-electron chi connectivity index (χ0n) is 14.8. The molecule has 1 aliphatic carbocycles. The first-order chi connectivity index (χ1) is 13.6. The number of rotatable bonds is 1. The van der Waals surface area contributed by atoms with E-state index in [1.165, 1.54) is 0 Å². The third-order valence-corrected chi connectivity index (χ3v) is 5.69. The first-order valence-electron chi connectivity index (χ1n) is 9.03. The van der Waals surface area contributed by atoms with Gasteiger partial charge in [-0.15, -0.1) is 0 Å². The zero-order chi connectivity index (χ0) is 19.3. The van der Waals surface area contributed by atoms with Crippen LogP contribution < -0.4 is 0 Å². The van der Waals surface area contributed by atoms with Gasteiger partial charge in [-0.05, 0) is 29.7 Å². The lowest BCUT2D eigenvalue weighted by atomic mass is 9.69. The number of benzene rings is 3. The summed E-state index contributed by atoms with van der Waals surface area (Å²) in [6, 6.07) is 22.5. The predicted molar refractivity (Wildman–Crippen MR) is 107 cm³/mol. The number of allylic oxidation sites excluding steroid dienone is 1. The lowest BCUT2D eigenvalue weighted by Gasteiger charge is -2.43.